The van der Waals surface area contributed by atoms with Gasteiger partial charge in [-0.25, -0.2) is 0 Å². The van der Waals surface area contributed by atoms with Crippen molar-refractivity contribution in [1.29, 1.82) is 0 Å². The average molecular weight is 281 g/mol. The summed E-state index contributed by atoms with van der Waals surface area (Å²) in [7, 11) is 0. The molecule has 2 saturated heterocycles. The minimum Gasteiger partial charge on any atom is -0.378 e. The van der Waals surface area contributed by atoms with Gasteiger partial charge in [-0.3, -0.25) is 4.79 Å². The molecule has 0 aromatic carbocycles. The molecule has 0 aromatic rings. The van der Waals surface area contributed by atoms with Crippen molar-refractivity contribution >= 4 is 5.78 Å². The predicted molar refractivity (Wildman–Crippen MR) is 76.5 cm³/mol. The number of Topliss-reactive ketones (excluding diaryl/α,β-unsaturated/α-hetero) is 1. The van der Waals surface area contributed by atoms with E-state index in [-0.39, 0.29) is 17.1 Å². The van der Waals surface area contributed by atoms with Gasteiger partial charge in [0.15, 0.2) is 0 Å². The van der Waals surface area contributed by atoms with Gasteiger partial charge in [-0.05, 0) is 25.7 Å². The molecule has 3 fully saturated rings. The maximum atomic E-state index is 12.6. The molecule has 2 unspecified atom stereocenters. The normalized spacial score (nSPS) is 37.1. The molecule has 2 N–H and O–H groups in total. The first kappa shape index (κ1) is 14.5. The Hall–Kier alpha value is -0.450. The van der Waals surface area contributed by atoms with E-state index in [1.165, 1.54) is 19.3 Å². The third-order valence-corrected chi connectivity index (χ3v) is 5.39. The zero-order chi connectivity index (χ0) is 14.1. The molecule has 2 heterocycles. The van der Waals surface area contributed by atoms with E-state index in [1.807, 2.05) is 0 Å². The maximum Gasteiger partial charge on any atom is 0.138 e. The Labute approximate surface area is 121 Å². The van der Waals surface area contributed by atoms with E-state index in [1.54, 1.807) is 0 Å². The molecule has 0 bridgehead atoms. The van der Waals surface area contributed by atoms with E-state index in [4.69, 9.17) is 15.2 Å². The predicted octanol–water partition coefficient (Wildman–Crippen LogP) is 2.19. The minimum atomic E-state index is -0.229. The van der Waals surface area contributed by atoms with Gasteiger partial charge in [-0.2, -0.15) is 0 Å². The van der Waals surface area contributed by atoms with E-state index in [0.29, 0.717) is 25.4 Å². The van der Waals surface area contributed by atoms with Crippen LogP contribution >= 0.6 is 0 Å². The van der Waals surface area contributed by atoms with Crippen molar-refractivity contribution in [2.45, 2.75) is 68.9 Å². The summed E-state index contributed by atoms with van der Waals surface area (Å²) in [5, 5.41) is 0. The Morgan fingerprint density at radius 2 is 1.95 bits per heavy atom. The molecule has 2 aliphatic heterocycles. The van der Waals surface area contributed by atoms with Crippen molar-refractivity contribution in [3.63, 3.8) is 0 Å². The van der Waals surface area contributed by atoms with E-state index in [0.717, 1.165) is 38.7 Å². The molecule has 3 rings (SSSR count). The van der Waals surface area contributed by atoms with Gasteiger partial charge < -0.3 is 15.2 Å². The van der Waals surface area contributed by atoms with Crippen LogP contribution in [0, 0.1) is 5.92 Å². The number of hydrogen-bond acceptors (Lipinski definition) is 4. The summed E-state index contributed by atoms with van der Waals surface area (Å²) in [5.74, 6) is 0.497. The van der Waals surface area contributed by atoms with Crippen molar-refractivity contribution < 1.29 is 14.3 Å². The van der Waals surface area contributed by atoms with Crippen LogP contribution < -0.4 is 5.73 Å². The van der Waals surface area contributed by atoms with Crippen molar-refractivity contribution in [3.8, 4) is 0 Å². The third kappa shape index (κ3) is 3.07. The highest BCUT2D eigenvalue weighted by Crippen LogP contribution is 2.38. The van der Waals surface area contributed by atoms with Crippen LogP contribution in [0.25, 0.3) is 0 Å². The van der Waals surface area contributed by atoms with Gasteiger partial charge in [0.05, 0.1) is 12.2 Å². The van der Waals surface area contributed by atoms with Gasteiger partial charge in [-0.1, -0.05) is 19.3 Å². The number of ketones is 1. The molecule has 2 atom stereocenters. The molecule has 1 aliphatic carbocycles. The summed E-state index contributed by atoms with van der Waals surface area (Å²) in [5.41, 5.74) is 6.03. The molecule has 4 heteroatoms. The second-order valence-electron chi connectivity index (χ2n) is 7.09. The fourth-order valence-electron chi connectivity index (χ4n) is 4.09. The molecular weight excluding hydrogens is 254 g/mol. The van der Waals surface area contributed by atoms with E-state index >= 15 is 0 Å². The minimum absolute atomic E-state index is 0.132. The van der Waals surface area contributed by atoms with Crippen LogP contribution in [0.15, 0.2) is 0 Å². The summed E-state index contributed by atoms with van der Waals surface area (Å²) in [4.78, 5) is 12.6. The summed E-state index contributed by atoms with van der Waals surface area (Å²) in [6.07, 6.45) is 8.83. The highest BCUT2D eigenvalue weighted by molar-refractivity contribution is 5.82. The summed E-state index contributed by atoms with van der Waals surface area (Å²) < 4.78 is 11.4. The van der Waals surface area contributed by atoms with Crippen molar-refractivity contribution in [2.24, 2.45) is 11.7 Å². The van der Waals surface area contributed by atoms with Gasteiger partial charge >= 0.3 is 0 Å². The van der Waals surface area contributed by atoms with Gasteiger partial charge in [-0.15, -0.1) is 0 Å². The first-order valence-electron chi connectivity index (χ1n) is 8.14. The van der Waals surface area contributed by atoms with Crippen LogP contribution in [0.4, 0.5) is 0 Å². The smallest absolute Gasteiger partial charge is 0.138 e. The lowest BCUT2D eigenvalue weighted by Crippen LogP contribution is -2.47. The largest absolute Gasteiger partial charge is 0.378 e. The molecule has 0 radical (unpaired) electrons. The highest BCUT2D eigenvalue weighted by Gasteiger charge is 2.44. The molecule has 0 amide bonds. The van der Waals surface area contributed by atoms with Crippen LogP contribution in [0.1, 0.15) is 57.8 Å². The fraction of sp³-hybridized carbons (Fsp3) is 0.938. The van der Waals surface area contributed by atoms with Gasteiger partial charge in [0, 0.05) is 37.5 Å². The van der Waals surface area contributed by atoms with Crippen LogP contribution in [-0.2, 0) is 14.3 Å². The van der Waals surface area contributed by atoms with Gasteiger partial charge in [0.25, 0.3) is 0 Å². The van der Waals surface area contributed by atoms with E-state index in [2.05, 4.69) is 0 Å². The summed E-state index contributed by atoms with van der Waals surface area (Å²) in [6, 6.07) is 0. The lowest BCUT2D eigenvalue weighted by atomic mass is 9.74. The van der Waals surface area contributed by atoms with E-state index < -0.39 is 0 Å². The van der Waals surface area contributed by atoms with Gasteiger partial charge in [0.1, 0.15) is 5.78 Å². The van der Waals surface area contributed by atoms with Crippen LogP contribution in [0.3, 0.4) is 0 Å². The van der Waals surface area contributed by atoms with Crippen molar-refractivity contribution in [1.82, 2.24) is 0 Å². The second-order valence-corrected chi connectivity index (χ2v) is 7.09. The van der Waals surface area contributed by atoms with Crippen LogP contribution in [0.5, 0.6) is 0 Å². The van der Waals surface area contributed by atoms with Gasteiger partial charge in [0.2, 0.25) is 0 Å². The molecule has 1 saturated carbocycles. The Morgan fingerprint density at radius 1 is 1.15 bits per heavy atom. The molecular formula is C16H27NO3. The number of hydrogen-bond donors (Lipinski definition) is 1. The fourth-order valence-corrected chi connectivity index (χ4v) is 4.09. The van der Waals surface area contributed by atoms with Crippen LogP contribution in [-0.4, -0.2) is 36.7 Å². The first-order chi connectivity index (χ1) is 9.61. The zero-order valence-corrected chi connectivity index (χ0v) is 12.4. The number of ether oxygens (including phenoxy) is 2. The number of nitrogens with two attached hydrogens (primary N) is 1. The lowest BCUT2D eigenvalue weighted by molar-refractivity contribution is -0.138. The van der Waals surface area contributed by atoms with E-state index in [9.17, 15) is 4.79 Å². The Morgan fingerprint density at radius 3 is 2.65 bits per heavy atom. The molecule has 1 spiro atoms. The molecule has 3 aliphatic rings. The molecule has 20 heavy (non-hydrogen) atoms. The Bertz CT molecular complexity index is 357. The quantitative estimate of drug-likeness (QED) is 0.861. The maximum absolute atomic E-state index is 12.6. The monoisotopic (exact) mass is 281 g/mol. The SMILES string of the molecule is NC1(CC(=O)C2CCOC3(CCOC3)C2)CCCCC1. The Kier molecular flexibility index (Phi) is 4.16. The zero-order valence-electron chi connectivity index (χ0n) is 12.4. The van der Waals surface area contributed by atoms with Crippen molar-refractivity contribution in [2.75, 3.05) is 19.8 Å². The molecule has 114 valence electrons. The number of carbonyl (C=O) groups excluding carboxylic acids is 1. The molecule has 0 aromatic heterocycles. The first-order valence-corrected chi connectivity index (χ1v) is 8.14. The highest BCUT2D eigenvalue weighted by atomic mass is 16.6. The number of carbonyl (C=O) groups is 1. The average Bonchev–Trinajstić information content (AvgIpc) is 2.87. The Balaban J connectivity index is 1.59. The second kappa shape index (κ2) is 5.74. The van der Waals surface area contributed by atoms with Crippen LogP contribution in [0.2, 0.25) is 0 Å². The number of rotatable bonds is 3. The standard InChI is InChI=1S/C16H27NO3/c17-15(5-2-1-3-6-15)11-14(18)13-4-8-20-16(10-13)7-9-19-12-16/h13H,1-12,17H2. The van der Waals surface area contributed by atoms with Crippen molar-refractivity contribution in [3.05, 3.63) is 0 Å². The summed E-state index contributed by atoms with van der Waals surface area (Å²) >= 11 is 0. The third-order valence-electron chi connectivity index (χ3n) is 5.39. The molecule has 4 nitrogen and oxygen atoms in total. The summed E-state index contributed by atoms with van der Waals surface area (Å²) in [6.45, 7) is 2.11. The lowest BCUT2D eigenvalue weighted by Gasteiger charge is -2.38. The topological polar surface area (TPSA) is 61.6 Å².